The molecule has 1 aromatic carbocycles. The number of benzene rings is 1. The van der Waals surface area contributed by atoms with Crippen LogP contribution in [0.5, 0.6) is 11.5 Å². The zero-order chi connectivity index (χ0) is 30.1. The smallest absolute Gasteiger partial charge is 0.344 e. The maximum atomic E-state index is 13.4. The minimum absolute atomic E-state index is 0.0338. The lowest BCUT2D eigenvalue weighted by molar-refractivity contribution is -0.150. The summed E-state index contributed by atoms with van der Waals surface area (Å²) in [5.74, 6) is -0.554. The fourth-order valence-corrected chi connectivity index (χ4v) is 5.02. The molecule has 0 radical (unpaired) electrons. The second kappa shape index (κ2) is 15.0. The molecule has 1 unspecified atom stereocenters. The number of hydrogen-bond acceptors (Lipinski definition) is 8. The van der Waals surface area contributed by atoms with Crippen LogP contribution in [0, 0.1) is 11.8 Å². The van der Waals surface area contributed by atoms with E-state index in [1.54, 1.807) is 12.1 Å². The average molecular weight is 580 g/mol. The van der Waals surface area contributed by atoms with Crippen LogP contribution in [0.4, 0.5) is 5.69 Å². The highest BCUT2D eigenvalue weighted by Crippen LogP contribution is 2.36. The molecule has 1 heterocycles. The number of carbonyl (C=O) groups excluding carboxylic acids is 2. The van der Waals surface area contributed by atoms with E-state index < -0.39 is 25.9 Å². The van der Waals surface area contributed by atoms with E-state index in [9.17, 15) is 9.59 Å². The monoisotopic (exact) mass is 579 g/mol. The van der Waals surface area contributed by atoms with Crippen LogP contribution in [0.25, 0.3) is 0 Å². The number of amides is 1. The number of allylic oxidation sites excluding steroid dienone is 1. The molecular weight excluding hydrogens is 530 g/mol. The van der Waals surface area contributed by atoms with E-state index in [0.717, 1.165) is 12.5 Å². The lowest BCUT2D eigenvalue weighted by atomic mass is 9.96. The number of ether oxygens (including phenoxy) is 6. The molecule has 1 aliphatic heterocycles. The third-order valence-corrected chi connectivity index (χ3v) is 8.08. The SMILES string of the molecule is COCOc1cc(OC)cc(NC(=O)C[C@H]2OC(C)(C)O[C@@H]2C(C)/C=C\CC(C)C)c1C(=O)OCC[Si](C)(C)C. The summed E-state index contributed by atoms with van der Waals surface area (Å²) in [5.41, 5.74) is 0.334. The van der Waals surface area contributed by atoms with Gasteiger partial charge in [0.25, 0.3) is 0 Å². The van der Waals surface area contributed by atoms with Crippen molar-refractivity contribution in [2.45, 2.75) is 91.1 Å². The van der Waals surface area contributed by atoms with Crippen LogP contribution >= 0.6 is 0 Å². The van der Waals surface area contributed by atoms with Crippen molar-refractivity contribution in [3.05, 3.63) is 29.8 Å². The maximum Gasteiger partial charge on any atom is 0.344 e. The zero-order valence-corrected chi connectivity index (χ0v) is 26.9. The molecule has 1 aromatic rings. The van der Waals surface area contributed by atoms with Crippen molar-refractivity contribution in [1.29, 1.82) is 0 Å². The standard InChI is InChI=1S/C30H49NO8Si/c1-20(2)12-11-13-21(3)28-25(38-30(4,5)39-28)18-26(32)31-23-16-22(35-7)17-24(37-19-34-6)27(23)29(33)36-14-15-40(8,9)10/h11,13,16-17,20-21,25,28H,12,14-15,18-19H2,1-10H3,(H,31,32)/b13-11-/t21?,25-,28-/m1/s1. The number of rotatable bonds is 15. The predicted molar refractivity (Wildman–Crippen MR) is 159 cm³/mol. The van der Waals surface area contributed by atoms with Crippen LogP contribution in [-0.4, -0.2) is 65.6 Å². The van der Waals surface area contributed by atoms with E-state index in [4.69, 9.17) is 28.4 Å². The highest BCUT2D eigenvalue weighted by molar-refractivity contribution is 6.76. The minimum atomic E-state index is -1.43. The third kappa shape index (κ3) is 10.9. The summed E-state index contributed by atoms with van der Waals surface area (Å²) in [4.78, 5) is 26.6. The van der Waals surface area contributed by atoms with Gasteiger partial charge in [-0.2, -0.15) is 0 Å². The van der Waals surface area contributed by atoms with Crippen LogP contribution < -0.4 is 14.8 Å². The summed E-state index contributed by atoms with van der Waals surface area (Å²) in [6, 6.07) is 3.96. The van der Waals surface area contributed by atoms with Gasteiger partial charge < -0.3 is 33.7 Å². The van der Waals surface area contributed by atoms with Gasteiger partial charge >= 0.3 is 5.97 Å². The molecule has 0 aliphatic carbocycles. The van der Waals surface area contributed by atoms with Gasteiger partial charge in [0.1, 0.15) is 17.1 Å². The molecule has 3 atom stereocenters. The molecule has 1 aliphatic rings. The van der Waals surface area contributed by atoms with Crippen LogP contribution in [0.3, 0.4) is 0 Å². The first-order valence-corrected chi connectivity index (χ1v) is 17.7. The summed E-state index contributed by atoms with van der Waals surface area (Å²) < 4.78 is 34.1. The minimum Gasteiger partial charge on any atom is -0.497 e. The van der Waals surface area contributed by atoms with Gasteiger partial charge in [-0.3, -0.25) is 4.79 Å². The third-order valence-electron chi connectivity index (χ3n) is 6.38. The fourth-order valence-electron chi connectivity index (χ4n) is 4.30. The molecule has 40 heavy (non-hydrogen) atoms. The summed E-state index contributed by atoms with van der Waals surface area (Å²) in [6.07, 6.45) is 4.49. The summed E-state index contributed by atoms with van der Waals surface area (Å²) in [7, 11) is 1.55. The number of esters is 1. The van der Waals surface area contributed by atoms with Gasteiger partial charge in [0.2, 0.25) is 5.91 Å². The Morgan fingerprint density at radius 1 is 1.12 bits per heavy atom. The molecule has 0 bridgehead atoms. The molecule has 10 heteroatoms. The Kier molecular flexibility index (Phi) is 12.7. The van der Waals surface area contributed by atoms with Gasteiger partial charge in [0, 0.05) is 33.2 Å². The number of methoxy groups -OCH3 is 2. The van der Waals surface area contributed by atoms with Gasteiger partial charge in [-0.1, -0.05) is 52.6 Å². The molecule has 0 aromatic heterocycles. The van der Waals surface area contributed by atoms with Gasteiger partial charge in [0.15, 0.2) is 12.6 Å². The van der Waals surface area contributed by atoms with Crippen molar-refractivity contribution in [3.63, 3.8) is 0 Å². The number of carbonyl (C=O) groups is 2. The van der Waals surface area contributed by atoms with E-state index in [1.807, 2.05) is 13.8 Å². The van der Waals surface area contributed by atoms with Crippen molar-refractivity contribution >= 4 is 25.6 Å². The summed E-state index contributed by atoms with van der Waals surface area (Å²) >= 11 is 0. The normalized spacial score (nSPS) is 19.6. The Morgan fingerprint density at radius 3 is 2.42 bits per heavy atom. The molecule has 9 nitrogen and oxygen atoms in total. The first-order chi connectivity index (χ1) is 18.7. The zero-order valence-electron chi connectivity index (χ0n) is 25.9. The molecule has 1 N–H and O–H groups in total. The topological polar surface area (TPSA) is 102 Å². The Balaban J connectivity index is 2.29. The lowest BCUT2D eigenvalue weighted by Gasteiger charge is -2.22. The second-order valence-electron chi connectivity index (χ2n) is 12.4. The second-order valence-corrected chi connectivity index (χ2v) is 18.0. The molecule has 1 amide bonds. The van der Waals surface area contributed by atoms with E-state index in [-0.39, 0.29) is 54.8 Å². The Labute approximate surface area is 240 Å². The van der Waals surface area contributed by atoms with Gasteiger partial charge in [-0.05, 0) is 32.2 Å². The predicted octanol–water partition coefficient (Wildman–Crippen LogP) is 6.26. The Bertz CT molecular complexity index is 1020. The van der Waals surface area contributed by atoms with Crippen molar-refractivity contribution in [2.24, 2.45) is 11.8 Å². The maximum absolute atomic E-state index is 13.4. The highest BCUT2D eigenvalue weighted by atomic mass is 28.3. The van der Waals surface area contributed by atoms with Gasteiger partial charge in [-0.25, -0.2) is 4.79 Å². The van der Waals surface area contributed by atoms with E-state index in [1.165, 1.54) is 14.2 Å². The lowest BCUT2D eigenvalue weighted by Crippen LogP contribution is -2.32. The molecule has 226 valence electrons. The number of hydrogen-bond donors (Lipinski definition) is 1. The quantitative estimate of drug-likeness (QED) is 0.112. The van der Waals surface area contributed by atoms with Crippen LogP contribution in [-0.2, 0) is 23.7 Å². The highest BCUT2D eigenvalue weighted by Gasteiger charge is 2.44. The Morgan fingerprint density at radius 2 is 1.82 bits per heavy atom. The molecule has 0 saturated carbocycles. The molecule has 1 fully saturated rings. The number of nitrogens with one attached hydrogen (secondary N) is 1. The van der Waals surface area contributed by atoms with Crippen molar-refractivity contribution in [1.82, 2.24) is 0 Å². The first kappa shape index (κ1) is 33.8. The molecule has 0 spiro atoms. The van der Waals surface area contributed by atoms with Crippen molar-refractivity contribution in [2.75, 3.05) is 32.9 Å². The average Bonchev–Trinajstić information content (AvgIpc) is 3.14. The van der Waals surface area contributed by atoms with Gasteiger partial charge in [-0.15, -0.1) is 0 Å². The summed E-state index contributed by atoms with van der Waals surface area (Å²) in [6.45, 7) is 16.9. The van der Waals surface area contributed by atoms with Gasteiger partial charge in [0.05, 0.1) is 38.0 Å². The Hall–Kier alpha value is -2.40. The van der Waals surface area contributed by atoms with E-state index in [0.29, 0.717) is 11.7 Å². The van der Waals surface area contributed by atoms with E-state index in [2.05, 4.69) is 57.9 Å². The van der Waals surface area contributed by atoms with Crippen molar-refractivity contribution in [3.8, 4) is 11.5 Å². The number of anilines is 1. The van der Waals surface area contributed by atoms with Crippen LogP contribution in [0.1, 0.15) is 57.8 Å². The molecular formula is C30H49NO8Si. The largest absolute Gasteiger partial charge is 0.497 e. The van der Waals surface area contributed by atoms with Crippen LogP contribution in [0.2, 0.25) is 25.7 Å². The van der Waals surface area contributed by atoms with E-state index >= 15 is 0 Å². The molecule has 1 saturated heterocycles. The fraction of sp³-hybridized carbons (Fsp3) is 0.667. The van der Waals surface area contributed by atoms with Crippen LogP contribution in [0.15, 0.2) is 24.3 Å². The summed E-state index contributed by atoms with van der Waals surface area (Å²) in [5, 5.41) is 2.88. The molecule has 2 rings (SSSR count). The van der Waals surface area contributed by atoms with Crippen molar-refractivity contribution < 1.29 is 38.0 Å². The first-order valence-electron chi connectivity index (χ1n) is 14.0.